The van der Waals surface area contributed by atoms with Crippen LogP contribution in [0.1, 0.15) is 60.8 Å². The van der Waals surface area contributed by atoms with Crippen LogP contribution in [0.2, 0.25) is 5.02 Å². The lowest BCUT2D eigenvalue weighted by Gasteiger charge is -2.25. The quantitative estimate of drug-likeness (QED) is 0.177. The van der Waals surface area contributed by atoms with Gasteiger partial charge in [-0.2, -0.15) is 0 Å². The highest BCUT2D eigenvalue weighted by molar-refractivity contribution is 9.10. The third-order valence-electron chi connectivity index (χ3n) is 7.29. The Kier molecular flexibility index (Phi) is 10.8. The van der Waals surface area contributed by atoms with Gasteiger partial charge in [0.05, 0.1) is 56.7 Å². The molecule has 0 fully saturated rings. The molecule has 1 aliphatic rings. The molecule has 4 aromatic rings. The number of halogens is 2. The van der Waals surface area contributed by atoms with Gasteiger partial charge in [-0.1, -0.05) is 41.1 Å². The van der Waals surface area contributed by atoms with Gasteiger partial charge in [-0.3, -0.25) is 9.36 Å². The number of rotatable bonds is 11. The Morgan fingerprint density at radius 3 is 2.48 bits per heavy atom. The molecule has 0 saturated carbocycles. The molecule has 0 unspecified atom stereocenters. The van der Waals surface area contributed by atoms with Crippen molar-refractivity contribution in [1.82, 2.24) is 4.57 Å². The van der Waals surface area contributed by atoms with Gasteiger partial charge in [-0.25, -0.2) is 14.6 Å². The number of allylic oxidation sites excluding steroid dienone is 1. The van der Waals surface area contributed by atoms with E-state index in [-0.39, 0.29) is 36.0 Å². The van der Waals surface area contributed by atoms with Gasteiger partial charge in [0, 0.05) is 0 Å². The Morgan fingerprint density at radius 1 is 1.12 bits per heavy atom. The van der Waals surface area contributed by atoms with E-state index in [1.807, 2.05) is 13.8 Å². The topological polar surface area (TPSA) is 126 Å². The average Bonchev–Trinajstić information content (AvgIpc) is 3.33. The van der Waals surface area contributed by atoms with E-state index in [4.69, 9.17) is 35.7 Å². The van der Waals surface area contributed by atoms with Crippen molar-refractivity contribution in [2.45, 2.75) is 46.4 Å². The van der Waals surface area contributed by atoms with Gasteiger partial charge >= 0.3 is 11.9 Å². The average molecular weight is 756 g/mol. The number of carbonyl (C=O) groups is 2. The lowest BCUT2D eigenvalue weighted by Crippen LogP contribution is -2.40. The molecule has 2 heterocycles. The molecule has 0 aliphatic carbocycles. The molecule has 0 saturated heterocycles. The number of esters is 1. The number of aromatic carboxylic acids is 1. The Balaban J connectivity index is 1.54. The van der Waals surface area contributed by atoms with E-state index in [9.17, 15) is 14.4 Å². The summed E-state index contributed by atoms with van der Waals surface area (Å²) in [4.78, 5) is 43.6. The van der Waals surface area contributed by atoms with Gasteiger partial charge in [0.15, 0.2) is 22.0 Å². The fourth-order valence-electron chi connectivity index (χ4n) is 5.16. The molecule has 0 radical (unpaired) electrons. The molecule has 0 spiro atoms. The molecule has 0 amide bonds. The number of aromatic nitrogens is 1. The van der Waals surface area contributed by atoms with E-state index in [1.54, 1.807) is 62.4 Å². The first-order valence-electron chi connectivity index (χ1n) is 14.9. The van der Waals surface area contributed by atoms with Crippen LogP contribution in [0.5, 0.6) is 17.2 Å². The first-order valence-corrected chi connectivity index (χ1v) is 16.9. The van der Waals surface area contributed by atoms with Crippen LogP contribution in [-0.4, -0.2) is 41.4 Å². The zero-order valence-corrected chi connectivity index (χ0v) is 29.9. The normalized spacial score (nSPS) is 14.4. The second-order valence-corrected chi connectivity index (χ2v) is 13.3. The van der Waals surface area contributed by atoms with Crippen molar-refractivity contribution >= 4 is 56.9 Å². The summed E-state index contributed by atoms with van der Waals surface area (Å²) in [5, 5.41) is 9.43. The lowest BCUT2D eigenvalue weighted by molar-refractivity contribution is -0.139. The van der Waals surface area contributed by atoms with Crippen molar-refractivity contribution in [3.63, 3.8) is 0 Å². The van der Waals surface area contributed by atoms with Crippen LogP contribution in [0, 0.1) is 0 Å². The Bertz CT molecular complexity index is 2080. The lowest BCUT2D eigenvalue weighted by atomic mass is 9.95. The standard InChI is InChI=1S/C35H32BrClN2O8S/c1-6-45-34(43)29-19(4)38-35-39(30(29)23-11-12-26(47-18(2)3)27(16-23)44-5)32(40)28(48-35)15-21-13-24(36)31(25(37)14-21)46-17-20-7-9-22(10-8-20)33(41)42/h7-16,18,30H,6,17H2,1-5H3,(H,41,42)/b28-15-/t30-/m1/s1. The van der Waals surface area contributed by atoms with E-state index in [0.717, 1.165) is 5.56 Å². The van der Waals surface area contributed by atoms with E-state index in [2.05, 4.69) is 20.9 Å². The predicted molar refractivity (Wildman–Crippen MR) is 186 cm³/mol. The number of hydrogen-bond donors (Lipinski definition) is 1. The van der Waals surface area contributed by atoms with Crippen LogP contribution < -0.4 is 29.1 Å². The van der Waals surface area contributed by atoms with Crippen LogP contribution in [0.3, 0.4) is 0 Å². The molecule has 1 aliphatic heterocycles. The Labute approximate surface area is 293 Å². The molecule has 1 atom stereocenters. The first kappa shape index (κ1) is 34.9. The highest BCUT2D eigenvalue weighted by Gasteiger charge is 2.34. The third-order valence-corrected chi connectivity index (χ3v) is 9.14. The van der Waals surface area contributed by atoms with E-state index in [0.29, 0.717) is 52.9 Å². The number of carboxylic acid groups (broad SMARTS) is 1. The first-order chi connectivity index (χ1) is 22.9. The number of benzene rings is 3. The monoisotopic (exact) mass is 754 g/mol. The molecule has 5 rings (SSSR count). The molecule has 250 valence electrons. The summed E-state index contributed by atoms with van der Waals surface area (Å²) in [6.07, 6.45) is 1.61. The minimum atomic E-state index is -1.01. The van der Waals surface area contributed by atoms with Crippen LogP contribution in [0.15, 0.2) is 80.1 Å². The van der Waals surface area contributed by atoms with Crippen molar-refractivity contribution in [2.24, 2.45) is 4.99 Å². The SMILES string of the molecule is CCOC(=O)C1=C(C)N=c2s/c(=C\c3cc(Cl)c(OCc4ccc(C(=O)O)cc4)c(Br)c3)c(=O)n2[C@@H]1c1ccc(OC(C)C)c(OC)c1. The largest absolute Gasteiger partial charge is 0.493 e. The molecule has 1 aromatic heterocycles. The minimum Gasteiger partial charge on any atom is -0.493 e. The van der Waals surface area contributed by atoms with Crippen molar-refractivity contribution < 1.29 is 33.6 Å². The van der Waals surface area contributed by atoms with Crippen molar-refractivity contribution in [3.05, 3.63) is 117 Å². The second kappa shape index (κ2) is 14.8. The van der Waals surface area contributed by atoms with Gasteiger partial charge in [0.2, 0.25) is 0 Å². The van der Waals surface area contributed by atoms with Crippen LogP contribution in [0.25, 0.3) is 6.08 Å². The van der Waals surface area contributed by atoms with Crippen molar-refractivity contribution in [3.8, 4) is 17.2 Å². The molecular weight excluding hydrogens is 724 g/mol. The van der Waals surface area contributed by atoms with Gasteiger partial charge in [0.25, 0.3) is 5.56 Å². The summed E-state index contributed by atoms with van der Waals surface area (Å²) >= 11 is 11.3. The zero-order valence-electron chi connectivity index (χ0n) is 26.7. The number of nitrogens with zero attached hydrogens (tertiary/aromatic N) is 2. The smallest absolute Gasteiger partial charge is 0.338 e. The Hall–Kier alpha value is -4.39. The fourth-order valence-corrected chi connectivity index (χ4v) is 7.20. The third kappa shape index (κ3) is 7.35. The summed E-state index contributed by atoms with van der Waals surface area (Å²) in [6.45, 7) is 7.58. The molecule has 3 aromatic carbocycles. The number of thiazole rings is 1. The summed E-state index contributed by atoms with van der Waals surface area (Å²) in [6, 6.07) is 14.3. The van der Waals surface area contributed by atoms with Gasteiger partial charge < -0.3 is 24.1 Å². The van der Waals surface area contributed by atoms with E-state index < -0.39 is 18.0 Å². The molecule has 13 heteroatoms. The summed E-state index contributed by atoms with van der Waals surface area (Å²) in [5.41, 5.74) is 2.54. The molecule has 0 bridgehead atoms. The number of hydrogen-bond acceptors (Lipinski definition) is 9. The summed E-state index contributed by atoms with van der Waals surface area (Å²) in [5.74, 6) is -0.185. The van der Waals surface area contributed by atoms with E-state index in [1.165, 1.54) is 35.1 Å². The molecular formula is C35H32BrClN2O8S. The molecule has 1 N–H and O–H groups in total. The maximum Gasteiger partial charge on any atom is 0.338 e. The maximum absolute atomic E-state index is 14.1. The van der Waals surface area contributed by atoms with Gasteiger partial charge in [0.1, 0.15) is 6.61 Å². The maximum atomic E-state index is 14.1. The number of fused-ring (bicyclic) bond motifs is 1. The van der Waals surface area contributed by atoms with Crippen LogP contribution in [-0.2, 0) is 16.1 Å². The summed E-state index contributed by atoms with van der Waals surface area (Å²) < 4.78 is 25.3. The Morgan fingerprint density at radius 2 is 1.85 bits per heavy atom. The van der Waals surface area contributed by atoms with Gasteiger partial charge in [-0.05, 0) is 103 Å². The minimum absolute atomic E-state index is 0.0911. The number of carboxylic acids is 1. The highest BCUT2D eigenvalue weighted by atomic mass is 79.9. The fraction of sp³-hybridized carbons (Fsp3) is 0.257. The molecule has 10 nitrogen and oxygen atoms in total. The molecule has 48 heavy (non-hydrogen) atoms. The van der Waals surface area contributed by atoms with Crippen LogP contribution in [0.4, 0.5) is 0 Å². The van der Waals surface area contributed by atoms with Crippen molar-refractivity contribution in [1.29, 1.82) is 0 Å². The van der Waals surface area contributed by atoms with Gasteiger partial charge in [-0.15, -0.1) is 0 Å². The second-order valence-electron chi connectivity index (χ2n) is 11.0. The number of methoxy groups -OCH3 is 1. The predicted octanol–water partition coefficient (Wildman–Crippen LogP) is 6.29. The number of carbonyl (C=O) groups excluding carboxylic acids is 1. The zero-order chi connectivity index (χ0) is 34.7. The van der Waals surface area contributed by atoms with Crippen molar-refractivity contribution in [2.75, 3.05) is 13.7 Å². The highest BCUT2D eigenvalue weighted by Crippen LogP contribution is 2.37. The number of ether oxygens (including phenoxy) is 4. The van der Waals surface area contributed by atoms with Crippen LogP contribution >= 0.6 is 38.9 Å². The van der Waals surface area contributed by atoms with E-state index >= 15 is 0 Å². The summed E-state index contributed by atoms with van der Waals surface area (Å²) in [7, 11) is 1.53.